The molecule has 0 saturated heterocycles. The van der Waals surface area contributed by atoms with E-state index in [-0.39, 0.29) is 10.2 Å². The van der Waals surface area contributed by atoms with Gasteiger partial charge in [-0.05, 0) is 35.0 Å². The van der Waals surface area contributed by atoms with E-state index in [0.29, 0.717) is 0 Å². The molecule has 1 aromatic rings. The van der Waals surface area contributed by atoms with Gasteiger partial charge >= 0.3 is 0 Å². The van der Waals surface area contributed by atoms with Crippen molar-refractivity contribution in [2.75, 3.05) is 18.9 Å². The molecule has 9 heteroatoms. The summed E-state index contributed by atoms with van der Waals surface area (Å²) in [5.74, 6) is -1.00. The second-order valence-corrected chi connectivity index (χ2v) is 6.80. The second-order valence-electron chi connectivity index (χ2n) is 4.30. The van der Waals surface area contributed by atoms with Crippen molar-refractivity contribution in [3.8, 4) is 0 Å². The number of nitrogens with two attached hydrogens (primary N) is 1. The molecule has 0 unspecified atom stereocenters. The lowest BCUT2D eigenvalue weighted by atomic mass is 10.1. The highest BCUT2D eigenvalue weighted by molar-refractivity contribution is 9.10. The lowest BCUT2D eigenvalue weighted by molar-refractivity contribution is 0.121. The predicted molar refractivity (Wildman–Crippen MR) is 71.4 cm³/mol. The molecule has 0 aromatic heterocycles. The van der Waals surface area contributed by atoms with E-state index < -0.39 is 39.5 Å². The summed E-state index contributed by atoms with van der Waals surface area (Å²) < 4.78 is 39.8. The van der Waals surface area contributed by atoms with Crippen LogP contribution in [0, 0.1) is 5.82 Å². The molecule has 1 aromatic carbocycles. The van der Waals surface area contributed by atoms with Crippen molar-refractivity contribution in [3.05, 3.63) is 22.4 Å². The summed E-state index contributed by atoms with van der Waals surface area (Å²) >= 11 is 2.86. The zero-order chi connectivity index (χ0) is 14.8. The number of nitrogens with one attached hydrogen (secondary N) is 1. The molecule has 0 heterocycles. The van der Waals surface area contributed by atoms with Crippen LogP contribution in [0.1, 0.15) is 6.92 Å². The Kier molecular flexibility index (Phi) is 4.91. The molecule has 0 fully saturated rings. The largest absolute Gasteiger partial charge is 0.399 e. The molecule has 0 radical (unpaired) electrons. The van der Waals surface area contributed by atoms with Crippen molar-refractivity contribution in [1.29, 1.82) is 0 Å². The molecule has 0 bridgehead atoms. The Balaban J connectivity index is 3.29. The summed E-state index contributed by atoms with van der Waals surface area (Å²) in [4.78, 5) is -0.660. The van der Waals surface area contributed by atoms with Gasteiger partial charge in [-0.25, -0.2) is 17.5 Å². The highest BCUT2D eigenvalue weighted by Gasteiger charge is 2.31. The van der Waals surface area contributed by atoms with Crippen molar-refractivity contribution >= 4 is 31.6 Å². The van der Waals surface area contributed by atoms with E-state index >= 15 is 0 Å². The maximum atomic E-state index is 13.8. The fourth-order valence-electron chi connectivity index (χ4n) is 1.27. The first-order chi connectivity index (χ1) is 8.65. The van der Waals surface area contributed by atoms with Crippen LogP contribution in [0.3, 0.4) is 0 Å². The monoisotopic (exact) mass is 356 g/mol. The fourth-order valence-corrected chi connectivity index (χ4v) is 3.41. The Morgan fingerprint density at radius 2 is 1.95 bits per heavy atom. The molecular weight excluding hydrogens is 343 g/mol. The van der Waals surface area contributed by atoms with Gasteiger partial charge in [0.05, 0.1) is 23.2 Å². The maximum Gasteiger partial charge on any atom is 0.244 e. The third-order valence-corrected chi connectivity index (χ3v) is 4.60. The van der Waals surface area contributed by atoms with Crippen molar-refractivity contribution in [1.82, 2.24) is 4.72 Å². The first kappa shape index (κ1) is 16.3. The van der Waals surface area contributed by atoms with Crippen LogP contribution in [-0.4, -0.2) is 37.4 Å². The first-order valence-electron chi connectivity index (χ1n) is 5.15. The van der Waals surface area contributed by atoms with Gasteiger partial charge in [-0.15, -0.1) is 0 Å². The number of anilines is 1. The number of sulfonamides is 1. The van der Waals surface area contributed by atoms with Crippen LogP contribution in [0.2, 0.25) is 0 Å². The van der Waals surface area contributed by atoms with Crippen LogP contribution in [0.15, 0.2) is 21.5 Å². The fraction of sp³-hybridized carbons (Fsp3) is 0.400. The topological polar surface area (TPSA) is 113 Å². The number of hydrogen-bond acceptors (Lipinski definition) is 5. The average molecular weight is 357 g/mol. The zero-order valence-corrected chi connectivity index (χ0v) is 12.4. The Hall–Kier alpha value is -0.740. The zero-order valence-electron chi connectivity index (χ0n) is 10.0. The molecule has 5 N–H and O–H groups in total. The van der Waals surface area contributed by atoms with Gasteiger partial charge in [0.1, 0.15) is 4.90 Å². The molecule has 6 nitrogen and oxygen atoms in total. The molecule has 0 amide bonds. The lowest BCUT2D eigenvalue weighted by Crippen LogP contribution is -2.51. The van der Waals surface area contributed by atoms with E-state index in [1.807, 2.05) is 4.72 Å². The van der Waals surface area contributed by atoms with E-state index in [4.69, 9.17) is 15.9 Å². The molecule has 0 saturated carbocycles. The average Bonchev–Trinajstić information content (AvgIpc) is 2.32. The Labute approximate surface area is 118 Å². The minimum Gasteiger partial charge on any atom is -0.399 e. The summed E-state index contributed by atoms with van der Waals surface area (Å²) in [7, 11) is -4.27. The van der Waals surface area contributed by atoms with Gasteiger partial charge in [0.2, 0.25) is 10.0 Å². The number of aliphatic hydroxyl groups excluding tert-OH is 2. The van der Waals surface area contributed by atoms with Gasteiger partial charge in [-0.3, -0.25) is 0 Å². The van der Waals surface area contributed by atoms with E-state index in [0.717, 1.165) is 6.07 Å². The molecule has 19 heavy (non-hydrogen) atoms. The summed E-state index contributed by atoms with van der Waals surface area (Å²) in [6.07, 6.45) is 0. The predicted octanol–water partition coefficient (Wildman–Crippen LogP) is 0.192. The molecule has 0 aliphatic carbocycles. The molecule has 0 aliphatic heterocycles. The smallest absolute Gasteiger partial charge is 0.244 e. The summed E-state index contributed by atoms with van der Waals surface area (Å²) in [6.45, 7) is -0.00847. The molecule has 0 aliphatic rings. The third-order valence-electron chi connectivity index (χ3n) is 2.39. The summed E-state index contributed by atoms with van der Waals surface area (Å²) in [5.41, 5.74) is 4.03. The Bertz CT molecular complexity index is 575. The van der Waals surface area contributed by atoms with Crippen molar-refractivity contribution in [3.63, 3.8) is 0 Å². The van der Waals surface area contributed by atoms with Crippen molar-refractivity contribution in [2.45, 2.75) is 17.4 Å². The first-order valence-corrected chi connectivity index (χ1v) is 7.43. The molecule has 108 valence electrons. The number of aliphatic hydroxyl groups is 2. The van der Waals surface area contributed by atoms with Gasteiger partial charge in [0.25, 0.3) is 0 Å². The third kappa shape index (κ3) is 3.63. The van der Waals surface area contributed by atoms with Gasteiger partial charge < -0.3 is 15.9 Å². The molecule has 0 atom stereocenters. The number of hydrogen-bond donors (Lipinski definition) is 4. The maximum absolute atomic E-state index is 13.8. The Morgan fingerprint density at radius 3 is 2.42 bits per heavy atom. The van der Waals surface area contributed by atoms with Crippen LogP contribution in [0.5, 0.6) is 0 Å². The number of nitrogen functional groups attached to an aromatic ring is 1. The number of rotatable bonds is 5. The highest BCUT2D eigenvalue weighted by atomic mass is 79.9. The normalized spacial score (nSPS) is 12.7. The standard InChI is InChI=1S/C10H14BrFN2O4S/c1-10(4-15,5-16)14-19(17,18)8-3-6(13)2-7(11)9(8)12/h2-3,14-16H,4-5,13H2,1H3. The second kappa shape index (κ2) is 5.71. The van der Waals surface area contributed by atoms with Crippen LogP contribution >= 0.6 is 15.9 Å². The van der Waals surface area contributed by atoms with E-state index in [1.54, 1.807) is 0 Å². The summed E-state index contributed by atoms with van der Waals surface area (Å²) in [5, 5.41) is 18.1. The van der Waals surface area contributed by atoms with Crippen LogP contribution in [-0.2, 0) is 10.0 Å². The van der Waals surface area contributed by atoms with Crippen LogP contribution in [0.25, 0.3) is 0 Å². The number of benzene rings is 1. The quantitative estimate of drug-likeness (QED) is 0.562. The molecule has 1 rings (SSSR count). The molecule has 0 spiro atoms. The van der Waals surface area contributed by atoms with Gasteiger partial charge in [0.15, 0.2) is 5.82 Å². The lowest BCUT2D eigenvalue weighted by Gasteiger charge is -2.26. The minimum absolute atomic E-state index is 0.0587. The highest BCUT2D eigenvalue weighted by Crippen LogP contribution is 2.26. The number of halogens is 2. The van der Waals surface area contributed by atoms with Crippen molar-refractivity contribution in [2.24, 2.45) is 0 Å². The SMILES string of the molecule is CC(CO)(CO)NS(=O)(=O)c1cc(N)cc(Br)c1F. The van der Waals surface area contributed by atoms with Gasteiger partial charge in [-0.1, -0.05) is 0 Å². The van der Waals surface area contributed by atoms with Crippen LogP contribution < -0.4 is 10.5 Å². The van der Waals surface area contributed by atoms with E-state index in [2.05, 4.69) is 15.9 Å². The van der Waals surface area contributed by atoms with Gasteiger partial charge in [-0.2, -0.15) is 0 Å². The summed E-state index contributed by atoms with van der Waals surface area (Å²) in [6, 6.07) is 2.18. The molecular formula is C10H14BrFN2O4S. The Morgan fingerprint density at radius 1 is 1.42 bits per heavy atom. The van der Waals surface area contributed by atoms with Crippen molar-refractivity contribution < 1.29 is 23.0 Å². The van der Waals surface area contributed by atoms with Crippen LogP contribution in [0.4, 0.5) is 10.1 Å². The minimum atomic E-state index is -4.27. The van der Waals surface area contributed by atoms with E-state index in [9.17, 15) is 12.8 Å². The van der Waals surface area contributed by atoms with Gasteiger partial charge in [0, 0.05) is 5.69 Å². The van der Waals surface area contributed by atoms with E-state index in [1.165, 1.54) is 13.0 Å².